The molecule has 2 nitrogen and oxygen atoms in total. The molecule has 0 saturated heterocycles. The van der Waals surface area contributed by atoms with Crippen molar-refractivity contribution in [3.8, 4) is 0 Å². The molecule has 0 spiro atoms. The van der Waals surface area contributed by atoms with Gasteiger partial charge in [0.15, 0.2) is 0 Å². The lowest BCUT2D eigenvalue weighted by Gasteiger charge is -2.34. The number of rotatable bonds is 2. The fourth-order valence-electron chi connectivity index (χ4n) is 2.83. The van der Waals surface area contributed by atoms with Crippen LogP contribution in [0.15, 0.2) is 48.5 Å². The fraction of sp³-hybridized carbons (Fsp3) is 0.278. The topological polar surface area (TPSA) is 20.3 Å². The van der Waals surface area contributed by atoms with Gasteiger partial charge in [-0.2, -0.15) is 0 Å². The Labute approximate surface area is 120 Å². The van der Waals surface area contributed by atoms with Crippen molar-refractivity contribution in [3.63, 3.8) is 0 Å². The van der Waals surface area contributed by atoms with Gasteiger partial charge in [0, 0.05) is 11.6 Å². The van der Waals surface area contributed by atoms with Crippen molar-refractivity contribution < 1.29 is 4.79 Å². The van der Waals surface area contributed by atoms with Crippen LogP contribution in [-0.4, -0.2) is 5.91 Å². The monoisotopic (exact) mass is 265 g/mol. The molecule has 20 heavy (non-hydrogen) atoms. The number of benzene rings is 2. The highest BCUT2D eigenvalue weighted by atomic mass is 16.2. The molecule has 2 aromatic rings. The smallest absolute Gasteiger partial charge is 0.234 e. The molecule has 3 rings (SSSR count). The average Bonchev–Trinajstić information content (AvgIpc) is 2.48. The number of nitrogens with zero attached hydrogens (tertiary/aromatic N) is 1. The quantitative estimate of drug-likeness (QED) is 0.795. The first-order valence-corrected chi connectivity index (χ1v) is 7.19. The summed E-state index contributed by atoms with van der Waals surface area (Å²) in [6.45, 7) is 4.15. The third kappa shape index (κ3) is 2.11. The molecular formula is C18H19NO. The molecule has 102 valence electrons. The number of carbonyl (C=O) groups excluding carboxylic acids is 1. The van der Waals surface area contributed by atoms with E-state index in [0.717, 1.165) is 24.2 Å². The molecule has 0 aliphatic carbocycles. The van der Waals surface area contributed by atoms with E-state index in [-0.39, 0.29) is 11.8 Å². The maximum atomic E-state index is 12.7. The highest BCUT2D eigenvalue weighted by molar-refractivity contribution is 6.04. The van der Waals surface area contributed by atoms with Gasteiger partial charge in [0.25, 0.3) is 0 Å². The first-order valence-electron chi connectivity index (χ1n) is 7.19. The third-order valence-electron chi connectivity index (χ3n) is 4.05. The van der Waals surface area contributed by atoms with E-state index in [1.807, 2.05) is 29.2 Å². The minimum Gasteiger partial charge on any atom is -0.281 e. The summed E-state index contributed by atoms with van der Waals surface area (Å²) in [6, 6.07) is 16.4. The Morgan fingerprint density at radius 3 is 2.50 bits per heavy atom. The minimum atomic E-state index is 0.0891. The van der Waals surface area contributed by atoms with Crippen molar-refractivity contribution in [1.29, 1.82) is 0 Å². The molecule has 1 aliphatic heterocycles. The standard InChI is InChI=1S/C18H19NO/c1-3-14-12-15-6-4-5-7-17(15)19(18(14)20)16-10-8-13(2)9-11-16/h4-11,14H,3,12H2,1-2H3. The summed E-state index contributed by atoms with van der Waals surface area (Å²) in [5, 5.41) is 0. The van der Waals surface area contributed by atoms with Crippen molar-refractivity contribution in [2.45, 2.75) is 26.7 Å². The maximum absolute atomic E-state index is 12.7. The number of fused-ring (bicyclic) bond motifs is 1. The van der Waals surface area contributed by atoms with Crippen LogP contribution < -0.4 is 4.90 Å². The van der Waals surface area contributed by atoms with Crippen LogP contribution in [0.3, 0.4) is 0 Å². The Morgan fingerprint density at radius 2 is 1.80 bits per heavy atom. The van der Waals surface area contributed by atoms with Gasteiger partial charge in [0.1, 0.15) is 0 Å². The van der Waals surface area contributed by atoms with Gasteiger partial charge in [-0.1, -0.05) is 42.8 Å². The number of amides is 1. The minimum absolute atomic E-state index is 0.0891. The van der Waals surface area contributed by atoms with Crippen molar-refractivity contribution in [1.82, 2.24) is 0 Å². The van der Waals surface area contributed by atoms with Crippen molar-refractivity contribution in [3.05, 3.63) is 59.7 Å². The van der Waals surface area contributed by atoms with E-state index in [4.69, 9.17) is 0 Å². The van der Waals surface area contributed by atoms with E-state index < -0.39 is 0 Å². The van der Waals surface area contributed by atoms with Crippen LogP contribution in [0, 0.1) is 12.8 Å². The molecule has 1 aliphatic rings. The largest absolute Gasteiger partial charge is 0.281 e. The van der Waals surface area contributed by atoms with E-state index in [0.29, 0.717) is 0 Å². The molecule has 2 aromatic carbocycles. The summed E-state index contributed by atoms with van der Waals surface area (Å²) in [7, 11) is 0. The molecule has 2 heteroatoms. The molecule has 0 fully saturated rings. The van der Waals surface area contributed by atoms with Crippen LogP contribution in [0.5, 0.6) is 0 Å². The fourth-order valence-corrected chi connectivity index (χ4v) is 2.83. The van der Waals surface area contributed by atoms with Crippen LogP contribution in [0.2, 0.25) is 0 Å². The highest BCUT2D eigenvalue weighted by Crippen LogP contribution is 2.37. The first kappa shape index (κ1) is 12.9. The normalized spacial score (nSPS) is 18.0. The summed E-state index contributed by atoms with van der Waals surface area (Å²) < 4.78 is 0. The number of carbonyl (C=O) groups is 1. The number of hydrogen-bond acceptors (Lipinski definition) is 1. The molecule has 0 saturated carbocycles. The summed E-state index contributed by atoms with van der Waals surface area (Å²) in [6.07, 6.45) is 1.74. The molecule has 0 bridgehead atoms. The van der Waals surface area contributed by atoms with Gasteiger partial charge in [0.2, 0.25) is 5.91 Å². The van der Waals surface area contributed by atoms with Crippen LogP contribution in [0.25, 0.3) is 0 Å². The van der Waals surface area contributed by atoms with E-state index in [1.54, 1.807) is 0 Å². The Morgan fingerprint density at radius 1 is 1.10 bits per heavy atom. The molecule has 1 atom stereocenters. The zero-order valence-electron chi connectivity index (χ0n) is 12.0. The highest BCUT2D eigenvalue weighted by Gasteiger charge is 2.32. The summed E-state index contributed by atoms with van der Waals surface area (Å²) >= 11 is 0. The molecule has 1 unspecified atom stereocenters. The average molecular weight is 265 g/mol. The van der Waals surface area contributed by atoms with Crippen molar-refractivity contribution in [2.24, 2.45) is 5.92 Å². The SMILES string of the molecule is CCC1Cc2ccccc2N(c2ccc(C)cc2)C1=O. The molecular weight excluding hydrogens is 246 g/mol. The van der Waals surface area contributed by atoms with E-state index >= 15 is 0 Å². The lowest BCUT2D eigenvalue weighted by atomic mass is 9.89. The number of para-hydroxylation sites is 1. The second-order valence-corrected chi connectivity index (χ2v) is 5.45. The van der Waals surface area contributed by atoms with Gasteiger partial charge in [0.05, 0.1) is 5.69 Å². The Bertz CT molecular complexity index is 630. The van der Waals surface area contributed by atoms with E-state index in [1.165, 1.54) is 11.1 Å². The molecule has 1 amide bonds. The summed E-state index contributed by atoms with van der Waals surface area (Å²) in [4.78, 5) is 14.6. The Hall–Kier alpha value is -2.09. The van der Waals surface area contributed by atoms with Gasteiger partial charge in [-0.15, -0.1) is 0 Å². The van der Waals surface area contributed by atoms with Crippen LogP contribution >= 0.6 is 0 Å². The van der Waals surface area contributed by atoms with Gasteiger partial charge in [-0.3, -0.25) is 9.69 Å². The lowest BCUT2D eigenvalue weighted by molar-refractivity contribution is -0.122. The van der Waals surface area contributed by atoms with Crippen molar-refractivity contribution >= 4 is 17.3 Å². The first-order chi connectivity index (χ1) is 9.70. The second-order valence-electron chi connectivity index (χ2n) is 5.45. The Balaban J connectivity index is 2.11. The summed E-state index contributed by atoms with van der Waals surface area (Å²) in [5.41, 5.74) is 4.47. The summed E-state index contributed by atoms with van der Waals surface area (Å²) in [5.74, 6) is 0.307. The van der Waals surface area contributed by atoms with E-state index in [2.05, 4.69) is 38.1 Å². The number of aryl methyl sites for hydroxylation is 1. The van der Waals surface area contributed by atoms with Crippen LogP contribution in [-0.2, 0) is 11.2 Å². The Kier molecular flexibility index (Phi) is 3.31. The zero-order valence-corrected chi connectivity index (χ0v) is 12.0. The second kappa shape index (κ2) is 5.12. The van der Waals surface area contributed by atoms with Crippen molar-refractivity contribution in [2.75, 3.05) is 4.90 Å². The van der Waals surface area contributed by atoms with Crippen LogP contribution in [0.4, 0.5) is 11.4 Å². The molecule has 0 aromatic heterocycles. The maximum Gasteiger partial charge on any atom is 0.234 e. The third-order valence-corrected chi connectivity index (χ3v) is 4.05. The molecule has 0 N–H and O–H groups in total. The van der Waals surface area contributed by atoms with Gasteiger partial charge in [-0.25, -0.2) is 0 Å². The molecule has 1 heterocycles. The predicted octanol–water partition coefficient (Wildman–Crippen LogP) is 4.24. The van der Waals surface area contributed by atoms with Crippen LogP contribution in [0.1, 0.15) is 24.5 Å². The number of anilines is 2. The zero-order chi connectivity index (χ0) is 14.1. The van der Waals surface area contributed by atoms with E-state index in [9.17, 15) is 4.79 Å². The lowest BCUT2D eigenvalue weighted by Crippen LogP contribution is -2.37. The predicted molar refractivity (Wildman–Crippen MR) is 82.3 cm³/mol. The van der Waals surface area contributed by atoms with Gasteiger partial charge in [-0.05, 0) is 43.5 Å². The molecule has 0 radical (unpaired) electrons. The van der Waals surface area contributed by atoms with Gasteiger partial charge >= 0.3 is 0 Å². The van der Waals surface area contributed by atoms with Gasteiger partial charge < -0.3 is 0 Å². The number of hydrogen-bond donors (Lipinski definition) is 0.